The molecule has 0 aromatic carbocycles. The Morgan fingerprint density at radius 3 is 1.83 bits per heavy atom. The first-order chi connectivity index (χ1) is 5.04. The summed E-state index contributed by atoms with van der Waals surface area (Å²) in [4.78, 5) is 0. The van der Waals surface area contributed by atoms with Crippen LogP contribution in [0.25, 0.3) is 0 Å². The SMILES string of the molecule is CC[N+](C)(CC)CCC(O)O.[Cl-]. The molecule has 0 aliphatic rings. The van der Waals surface area contributed by atoms with Crippen LogP contribution in [0.3, 0.4) is 0 Å². The second-order valence-electron chi connectivity index (χ2n) is 3.24. The first kappa shape index (κ1) is 14.7. The van der Waals surface area contributed by atoms with Gasteiger partial charge in [-0.1, -0.05) is 0 Å². The number of hydrogen-bond acceptors (Lipinski definition) is 2. The zero-order valence-electron chi connectivity index (χ0n) is 8.13. The van der Waals surface area contributed by atoms with E-state index >= 15 is 0 Å². The molecular weight excluding hydrogens is 178 g/mol. The highest BCUT2D eigenvalue weighted by molar-refractivity contribution is 4.39. The van der Waals surface area contributed by atoms with Crippen LogP contribution in [0.4, 0.5) is 0 Å². The highest BCUT2D eigenvalue weighted by Gasteiger charge is 2.16. The Bertz CT molecular complexity index is 105. The molecule has 3 nitrogen and oxygen atoms in total. The van der Waals surface area contributed by atoms with E-state index in [1.807, 2.05) is 0 Å². The lowest BCUT2D eigenvalue weighted by atomic mass is 10.3. The second kappa shape index (κ2) is 6.66. The Morgan fingerprint density at radius 2 is 1.58 bits per heavy atom. The Morgan fingerprint density at radius 1 is 1.17 bits per heavy atom. The van der Waals surface area contributed by atoms with E-state index in [1.165, 1.54) is 0 Å². The molecule has 4 heteroatoms. The van der Waals surface area contributed by atoms with Crippen molar-refractivity contribution in [2.45, 2.75) is 26.6 Å². The molecule has 0 bridgehead atoms. The molecule has 0 rings (SSSR count). The third-order valence-electron chi connectivity index (χ3n) is 2.45. The molecule has 0 unspecified atom stereocenters. The lowest BCUT2D eigenvalue weighted by Gasteiger charge is -2.32. The zero-order valence-corrected chi connectivity index (χ0v) is 8.88. The van der Waals surface area contributed by atoms with Crippen molar-refractivity contribution in [1.82, 2.24) is 0 Å². The van der Waals surface area contributed by atoms with Gasteiger partial charge in [0.1, 0.15) is 0 Å². The van der Waals surface area contributed by atoms with Crippen molar-refractivity contribution >= 4 is 0 Å². The van der Waals surface area contributed by atoms with Crippen molar-refractivity contribution in [3.63, 3.8) is 0 Å². The van der Waals surface area contributed by atoms with Gasteiger partial charge in [0.15, 0.2) is 6.29 Å². The Hall–Kier alpha value is 0.170. The van der Waals surface area contributed by atoms with E-state index < -0.39 is 6.29 Å². The van der Waals surface area contributed by atoms with E-state index in [1.54, 1.807) is 0 Å². The predicted octanol–water partition coefficient (Wildman–Crippen LogP) is -2.82. The van der Waals surface area contributed by atoms with Gasteiger partial charge in [-0.25, -0.2) is 0 Å². The van der Waals surface area contributed by atoms with Gasteiger partial charge in [-0.2, -0.15) is 0 Å². The van der Waals surface area contributed by atoms with Crippen molar-refractivity contribution in [2.24, 2.45) is 0 Å². The number of halogens is 1. The fraction of sp³-hybridized carbons (Fsp3) is 1.00. The maximum absolute atomic E-state index is 8.65. The summed E-state index contributed by atoms with van der Waals surface area (Å²) in [5.41, 5.74) is 0. The Labute approximate surface area is 81.0 Å². The number of hydrogen-bond donors (Lipinski definition) is 2. The molecule has 0 saturated heterocycles. The minimum atomic E-state index is -1.15. The van der Waals surface area contributed by atoms with Gasteiger partial charge < -0.3 is 27.1 Å². The van der Waals surface area contributed by atoms with Crippen LogP contribution < -0.4 is 12.4 Å². The molecule has 0 aromatic heterocycles. The molecule has 0 saturated carbocycles. The van der Waals surface area contributed by atoms with Gasteiger partial charge in [-0.3, -0.25) is 0 Å². The summed E-state index contributed by atoms with van der Waals surface area (Å²) < 4.78 is 0.914. The van der Waals surface area contributed by atoms with Crippen LogP contribution in [0.15, 0.2) is 0 Å². The second-order valence-corrected chi connectivity index (χ2v) is 3.24. The summed E-state index contributed by atoms with van der Waals surface area (Å²) in [6.07, 6.45) is -0.677. The first-order valence-corrected chi connectivity index (χ1v) is 4.23. The molecule has 0 fully saturated rings. The van der Waals surface area contributed by atoms with E-state index in [-0.39, 0.29) is 12.4 Å². The van der Waals surface area contributed by atoms with Crippen LogP contribution in [0.5, 0.6) is 0 Å². The topological polar surface area (TPSA) is 40.5 Å². The van der Waals surface area contributed by atoms with E-state index in [9.17, 15) is 0 Å². The van der Waals surface area contributed by atoms with Crippen LogP contribution >= 0.6 is 0 Å². The number of rotatable bonds is 5. The number of quaternary nitrogens is 1. The third kappa shape index (κ3) is 5.77. The normalized spacial score (nSPS) is 11.5. The summed E-state index contributed by atoms with van der Waals surface area (Å²) in [5.74, 6) is 0. The summed E-state index contributed by atoms with van der Waals surface area (Å²) in [6.45, 7) is 7.16. The predicted molar refractivity (Wildman–Crippen MR) is 45.0 cm³/mol. The van der Waals surface area contributed by atoms with Gasteiger partial charge in [-0.15, -0.1) is 0 Å². The van der Waals surface area contributed by atoms with Crippen LogP contribution in [0.2, 0.25) is 0 Å². The number of aliphatic hydroxyl groups excluding tert-OH is 1. The van der Waals surface area contributed by atoms with Crippen LogP contribution in [0, 0.1) is 0 Å². The molecule has 0 atom stereocenters. The highest BCUT2D eigenvalue weighted by Crippen LogP contribution is 2.03. The van der Waals surface area contributed by atoms with Crippen molar-refractivity contribution in [1.29, 1.82) is 0 Å². The molecule has 0 spiro atoms. The Balaban J connectivity index is 0. The molecule has 0 aliphatic heterocycles. The summed E-state index contributed by atoms with van der Waals surface area (Å²) in [5, 5.41) is 17.3. The minimum Gasteiger partial charge on any atom is -1.00 e. The van der Waals surface area contributed by atoms with Gasteiger partial charge >= 0.3 is 0 Å². The number of aliphatic hydroxyl groups is 2. The van der Waals surface area contributed by atoms with Crippen molar-refractivity contribution in [2.75, 3.05) is 26.7 Å². The molecule has 12 heavy (non-hydrogen) atoms. The van der Waals surface area contributed by atoms with Crippen LogP contribution in [0.1, 0.15) is 20.3 Å². The molecule has 76 valence electrons. The fourth-order valence-electron chi connectivity index (χ4n) is 0.967. The molecule has 0 aliphatic carbocycles. The van der Waals surface area contributed by atoms with Crippen LogP contribution in [-0.2, 0) is 0 Å². The van der Waals surface area contributed by atoms with Gasteiger partial charge in [0, 0.05) is 6.42 Å². The largest absolute Gasteiger partial charge is 1.00 e. The van der Waals surface area contributed by atoms with Gasteiger partial charge in [-0.05, 0) is 13.8 Å². The maximum Gasteiger partial charge on any atom is 0.156 e. The standard InChI is InChI=1S/C8H20NO2.ClH/c1-4-9(3,5-2)7-6-8(10)11;/h8,10-11H,4-7H2,1-3H3;1H/q+1;/p-1. The summed E-state index contributed by atoms with van der Waals surface area (Å²) in [6, 6.07) is 0. The molecule has 0 radical (unpaired) electrons. The van der Waals surface area contributed by atoms with E-state index in [2.05, 4.69) is 20.9 Å². The monoisotopic (exact) mass is 197 g/mol. The number of nitrogens with zero attached hydrogens (tertiary/aromatic N) is 1. The first-order valence-electron chi connectivity index (χ1n) is 4.23. The van der Waals surface area contributed by atoms with E-state index in [0.717, 1.165) is 24.1 Å². The van der Waals surface area contributed by atoms with Gasteiger partial charge in [0.2, 0.25) is 0 Å². The van der Waals surface area contributed by atoms with E-state index in [0.29, 0.717) is 6.42 Å². The fourth-order valence-corrected chi connectivity index (χ4v) is 0.967. The maximum atomic E-state index is 8.65. The van der Waals surface area contributed by atoms with E-state index in [4.69, 9.17) is 10.2 Å². The third-order valence-corrected chi connectivity index (χ3v) is 2.45. The molecule has 0 amide bonds. The molecular formula is C8H20ClNO2. The van der Waals surface area contributed by atoms with Gasteiger partial charge in [0.25, 0.3) is 0 Å². The highest BCUT2D eigenvalue weighted by atomic mass is 35.5. The lowest BCUT2D eigenvalue weighted by molar-refractivity contribution is -0.906. The summed E-state index contributed by atoms with van der Waals surface area (Å²) >= 11 is 0. The van der Waals surface area contributed by atoms with Crippen LogP contribution in [-0.4, -0.2) is 47.7 Å². The summed E-state index contributed by atoms with van der Waals surface area (Å²) in [7, 11) is 2.13. The van der Waals surface area contributed by atoms with Crippen molar-refractivity contribution in [3.05, 3.63) is 0 Å². The average molecular weight is 198 g/mol. The smallest absolute Gasteiger partial charge is 0.156 e. The van der Waals surface area contributed by atoms with Crippen molar-refractivity contribution in [3.8, 4) is 0 Å². The Kier molecular flexibility index (Phi) is 8.15. The zero-order chi connectivity index (χ0) is 8.91. The average Bonchev–Trinajstić information content (AvgIpc) is 2.00. The molecule has 0 aromatic rings. The molecule has 2 N–H and O–H groups in total. The quantitative estimate of drug-likeness (QED) is 0.369. The lowest BCUT2D eigenvalue weighted by Crippen LogP contribution is -3.00. The van der Waals surface area contributed by atoms with Crippen molar-refractivity contribution < 1.29 is 27.1 Å². The van der Waals surface area contributed by atoms with Gasteiger partial charge in [0.05, 0.1) is 26.7 Å². The minimum absolute atomic E-state index is 0. The molecule has 0 heterocycles.